The van der Waals surface area contributed by atoms with Gasteiger partial charge in [0.05, 0.1) is 12.7 Å². The monoisotopic (exact) mass is 236 g/mol. The predicted octanol–water partition coefficient (Wildman–Crippen LogP) is 3.78. The molecule has 0 aliphatic rings. The zero-order valence-corrected chi connectivity index (χ0v) is 10.0. The van der Waals surface area contributed by atoms with Crippen molar-refractivity contribution in [2.24, 2.45) is 0 Å². The Morgan fingerprint density at radius 2 is 1.61 bits per heavy atom. The molecule has 0 aromatic heterocycles. The van der Waals surface area contributed by atoms with Crippen LogP contribution in [0.5, 0.6) is 0 Å². The number of ether oxygens (including phenoxy) is 1. The van der Waals surface area contributed by atoms with Gasteiger partial charge in [0.1, 0.15) is 0 Å². The van der Waals surface area contributed by atoms with Crippen LogP contribution in [0.3, 0.4) is 0 Å². The maximum atomic E-state index is 11.8. The summed E-state index contributed by atoms with van der Waals surface area (Å²) in [7, 11) is 1.41. The number of methoxy groups -OCH3 is 1. The van der Waals surface area contributed by atoms with E-state index in [4.69, 9.17) is 4.74 Å². The average Bonchev–Trinajstić information content (AvgIpc) is 2.45. The summed E-state index contributed by atoms with van der Waals surface area (Å²) in [5.74, 6) is -0.294. The molecule has 0 amide bonds. The van der Waals surface area contributed by atoms with Crippen LogP contribution in [0, 0.1) is 0 Å². The third kappa shape index (κ3) is 1.54. The van der Waals surface area contributed by atoms with Crippen molar-refractivity contribution in [1.29, 1.82) is 0 Å². The highest BCUT2D eigenvalue weighted by Crippen LogP contribution is 2.28. The van der Waals surface area contributed by atoms with E-state index in [9.17, 15) is 4.79 Å². The molecule has 2 heteroatoms. The first-order valence-corrected chi connectivity index (χ1v) is 5.80. The molecular weight excluding hydrogens is 224 g/mol. The summed E-state index contributed by atoms with van der Waals surface area (Å²) in [4.78, 5) is 11.8. The van der Waals surface area contributed by atoms with Gasteiger partial charge in [-0.1, -0.05) is 48.5 Å². The van der Waals surface area contributed by atoms with Crippen LogP contribution in [0.2, 0.25) is 0 Å². The highest BCUT2D eigenvalue weighted by molar-refractivity contribution is 6.16. The Labute approximate surface area is 105 Å². The first-order chi connectivity index (χ1) is 8.81. The zero-order chi connectivity index (χ0) is 12.5. The summed E-state index contributed by atoms with van der Waals surface area (Å²) >= 11 is 0. The highest BCUT2D eigenvalue weighted by Gasteiger charge is 2.11. The van der Waals surface area contributed by atoms with Gasteiger partial charge in [-0.2, -0.15) is 0 Å². The minimum absolute atomic E-state index is 0.294. The van der Waals surface area contributed by atoms with Gasteiger partial charge in [-0.15, -0.1) is 0 Å². The molecule has 3 aromatic rings. The van der Waals surface area contributed by atoms with Gasteiger partial charge in [0.25, 0.3) is 0 Å². The molecule has 0 atom stereocenters. The Morgan fingerprint density at radius 1 is 0.889 bits per heavy atom. The number of carbonyl (C=O) groups excluding carboxylic acids is 1. The second-order valence-corrected chi connectivity index (χ2v) is 4.18. The Hall–Kier alpha value is -2.35. The van der Waals surface area contributed by atoms with Crippen LogP contribution in [0.1, 0.15) is 10.4 Å². The lowest BCUT2D eigenvalue weighted by atomic mass is 9.98. The Balaban J connectivity index is 2.50. The van der Waals surface area contributed by atoms with Crippen molar-refractivity contribution in [1.82, 2.24) is 0 Å². The van der Waals surface area contributed by atoms with Gasteiger partial charge in [-0.3, -0.25) is 0 Å². The first kappa shape index (κ1) is 10.8. The number of carbonyl (C=O) groups is 1. The second kappa shape index (κ2) is 4.15. The molecule has 0 saturated heterocycles. The van der Waals surface area contributed by atoms with Crippen LogP contribution in [0.25, 0.3) is 21.5 Å². The number of rotatable bonds is 1. The van der Waals surface area contributed by atoms with E-state index in [1.165, 1.54) is 7.11 Å². The van der Waals surface area contributed by atoms with E-state index in [1.54, 1.807) is 6.07 Å². The first-order valence-electron chi connectivity index (χ1n) is 5.80. The number of hydrogen-bond donors (Lipinski definition) is 0. The second-order valence-electron chi connectivity index (χ2n) is 4.18. The molecule has 0 fully saturated rings. The lowest BCUT2D eigenvalue weighted by molar-refractivity contribution is 0.0603. The minimum Gasteiger partial charge on any atom is -0.465 e. The van der Waals surface area contributed by atoms with Crippen LogP contribution in [0.15, 0.2) is 54.6 Å². The molecule has 3 aromatic carbocycles. The van der Waals surface area contributed by atoms with Gasteiger partial charge >= 0.3 is 5.97 Å². The highest BCUT2D eigenvalue weighted by atomic mass is 16.5. The van der Waals surface area contributed by atoms with Crippen molar-refractivity contribution in [2.75, 3.05) is 7.11 Å². The van der Waals surface area contributed by atoms with Crippen molar-refractivity contribution >= 4 is 27.5 Å². The van der Waals surface area contributed by atoms with Gasteiger partial charge < -0.3 is 4.74 Å². The standard InChI is InChI=1S/C16H12O2/c1-18-16(17)14-8-4-6-12-10-9-11-5-2-3-7-13(11)15(12)14/h2-10H,1H3. The molecule has 0 bridgehead atoms. The summed E-state index contributed by atoms with van der Waals surface area (Å²) < 4.78 is 4.85. The Kier molecular flexibility index (Phi) is 2.49. The molecule has 0 saturated carbocycles. The van der Waals surface area contributed by atoms with E-state index in [1.807, 2.05) is 42.5 Å². The Bertz CT molecular complexity index is 744. The molecule has 88 valence electrons. The van der Waals surface area contributed by atoms with E-state index in [0.29, 0.717) is 5.56 Å². The molecule has 0 aliphatic carbocycles. The topological polar surface area (TPSA) is 26.3 Å². The van der Waals surface area contributed by atoms with Crippen LogP contribution < -0.4 is 0 Å². The quantitative estimate of drug-likeness (QED) is 0.474. The van der Waals surface area contributed by atoms with E-state index in [-0.39, 0.29) is 5.97 Å². The van der Waals surface area contributed by atoms with Crippen molar-refractivity contribution in [2.45, 2.75) is 0 Å². The molecule has 0 N–H and O–H groups in total. The Morgan fingerprint density at radius 3 is 2.44 bits per heavy atom. The fraction of sp³-hybridized carbons (Fsp3) is 0.0625. The van der Waals surface area contributed by atoms with Crippen LogP contribution >= 0.6 is 0 Å². The summed E-state index contributed by atoms with van der Waals surface area (Å²) in [5, 5.41) is 4.22. The SMILES string of the molecule is COC(=O)c1cccc2ccc3ccccc3c12. The van der Waals surface area contributed by atoms with Crippen LogP contribution in [-0.2, 0) is 4.74 Å². The van der Waals surface area contributed by atoms with Gasteiger partial charge in [-0.05, 0) is 22.2 Å². The zero-order valence-electron chi connectivity index (χ0n) is 10.0. The fourth-order valence-corrected chi connectivity index (χ4v) is 2.34. The molecule has 18 heavy (non-hydrogen) atoms. The molecule has 3 rings (SSSR count). The summed E-state index contributed by atoms with van der Waals surface area (Å²) in [6.07, 6.45) is 0. The lowest BCUT2D eigenvalue weighted by Gasteiger charge is -2.08. The normalized spacial score (nSPS) is 10.7. The number of fused-ring (bicyclic) bond motifs is 3. The number of benzene rings is 3. The third-order valence-corrected chi connectivity index (χ3v) is 3.17. The smallest absolute Gasteiger partial charge is 0.338 e. The summed E-state index contributed by atoms with van der Waals surface area (Å²) in [6, 6.07) is 17.8. The van der Waals surface area contributed by atoms with Crippen LogP contribution in [0.4, 0.5) is 0 Å². The predicted molar refractivity (Wildman–Crippen MR) is 72.8 cm³/mol. The van der Waals surface area contributed by atoms with Crippen molar-refractivity contribution in [3.63, 3.8) is 0 Å². The summed E-state index contributed by atoms with van der Waals surface area (Å²) in [5.41, 5.74) is 0.617. The van der Waals surface area contributed by atoms with Crippen molar-refractivity contribution in [3.8, 4) is 0 Å². The maximum Gasteiger partial charge on any atom is 0.338 e. The van der Waals surface area contributed by atoms with E-state index in [0.717, 1.165) is 21.5 Å². The molecule has 0 aliphatic heterocycles. The molecular formula is C16H12O2. The third-order valence-electron chi connectivity index (χ3n) is 3.17. The number of hydrogen-bond acceptors (Lipinski definition) is 2. The van der Waals surface area contributed by atoms with Gasteiger partial charge in [0.2, 0.25) is 0 Å². The maximum absolute atomic E-state index is 11.8. The average molecular weight is 236 g/mol. The minimum atomic E-state index is -0.294. The van der Waals surface area contributed by atoms with Crippen molar-refractivity contribution < 1.29 is 9.53 Å². The molecule has 2 nitrogen and oxygen atoms in total. The van der Waals surface area contributed by atoms with E-state index >= 15 is 0 Å². The molecule has 0 heterocycles. The van der Waals surface area contributed by atoms with Gasteiger partial charge in [0, 0.05) is 5.39 Å². The van der Waals surface area contributed by atoms with E-state index < -0.39 is 0 Å². The lowest BCUT2D eigenvalue weighted by Crippen LogP contribution is -2.02. The van der Waals surface area contributed by atoms with E-state index in [2.05, 4.69) is 6.07 Å². The largest absolute Gasteiger partial charge is 0.465 e. The molecule has 0 unspecified atom stereocenters. The summed E-state index contributed by atoms with van der Waals surface area (Å²) in [6.45, 7) is 0. The van der Waals surface area contributed by atoms with Crippen LogP contribution in [-0.4, -0.2) is 13.1 Å². The van der Waals surface area contributed by atoms with Gasteiger partial charge in [0.15, 0.2) is 0 Å². The molecule has 0 spiro atoms. The fourth-order valence-electron chi connectivity index (χ4n) is 2.34. The molecule has 0 radical (unpaired) electrons. The number of esters is 1. The van der Waals surface area contributed by atoms with Crippen molar-refractivity contribution in [3.05, 3.63) is 60.2 Å². The van der Waals surface area contributed by atoms with Gasteiger partial charge in [-0.25, -0.2) is 4.79 Å².